The van der Waals surface area contributed by atoms with E-state index in [2.05, 4.69) is 28.1 Å². The van der Waals surface area contributed by atoms with Gasteiger partial charge in [-0.3, -0.25) is 5.41 Å². The largest absolute Gasteiger partial charge is 0.387 e. The van der Waals surface area contributed by atoms with Crippen LogP contribution in [0.3, 0.4) is 0 Å². The quantitative estimate of drug-likeness (QED) is 0.356. The van der Waals surface area contributed by atoms with E-state index < -0.39 is 0 Å². The number of halogens is 1. The van der Waals surface area contributed by atoms with Gasteiger partial charge in [-0.2, -0.15) is 0 Å². The van der Waals surface area contributed by atoms with Crippen molar-refractivity contribution in [3.63, 3.8) is 0 Å². The Morgan fingerprint density at radius 2 is 2.06 bits per heavy atom. The normalized spacial score (nSPS) is 11.5. The highest BCUT2D eigenvalue weighted by Crippen LogP contribution is 2.29. The molecule has 0 spiro atoms. The molecular formula is C13H19BrN2S. The van der Waals surface area contributed by atoms with Gasteiger partial charge < -0.3 is 5.73 Å². The zero-order valence-corrected chi connectivity index (χ0v) is 12.7. The predicted molar refractivity (Wildman–Crippen MR) is 79.8 cm³/mol. The number of rotatable bonds is 6. The zero-order chi connectivity index (χ0) is 12.9. The average Bonchev–Trinajstić information content (AvgIpc) is 2.26. The van der Waals surface area contributed by atoms with E-state index in [0.717, 1.165) is 23.1 Å². The lowest BCUT2D eigenvalue weighted by molar-refractivity contribution is 0.464. The van der Waals surface area contributed by atoms with Crippen molar-refractivity contribution in [1.82, 2.24) is 0 Å². The Bertz CT molecular complexity index is 391. The number of hydrogen-bond donors (Lipinski definition) is 2. The molecule has 0 unspecified atom stereocenters. The lowest BCUT2D eigenvalue weighted by Crippen LogP contribution is -2.30. The molecule has 0 radical (unpaired) electrons. The molecule has 0 amide bonds. The molecule has 1 rings (SSSR count). The van der Waals surface area contributed by atoms with Crippen LogP contribution in [0.25, 0.3) is 0 Å². The molecule has 0 aliphatic heterocycles. The molecule has 2 nitrogen and oxygen atoms in total. The highest BCUT2D eigenvalue weighted by molar-refractivity contribution is 9.10. The highest BCUT2D eigenvalue weighted by atomic mass is 79.9. The lowest BCUT2D eigenvalue weighted by Gasteiger charge is -2.22. The number of hydrogen-bond acceptors (Lipinski definition) is 2. The second-order valence-electron chi connectivity index (χ2n) is 4.68. The second kappa shape index (κ2) is 6.45. The Balaban J connectivity index is 2.35. The lowest BCUT2D eigenvalue weighted by atomic mass is 9.87. The Morgan fingerprint density at radius 3 is 2.65 bits per heavy atom. The van der Waals surface area contributed by atoms with E-state index >= 15 is 0 Å². The fraction of sp³-hybridized carbons (Fsp3) is 0.462. The van der Waals surface area contributed by atoms with Crippen molar-refractivity contribution in [3.8, 4) is 0 Å². The predicted octanol–water partition coefficient (Wildman–Crippen LogP) is 4.28. The van der Waals surface area contributed by atoms with Crippen LogP contribution in [0.15, 0.2) is 33.6 Å². The summed E-state index contributed by atoms with van der Waals surface area (Å²) in [6.45, 7) is 4.05. The van der Waals surface area contributed by atoms with Gasteiger partial charge in [0.05, 0.1) is 5.84 Å². The molecule has 0 aromatic heterocycles. The summed E-state index contributed by atoms with van der Waals surface area (Å²) in [7, 11) is 0. The third-order valence-electron chi connectivity index (χ3n) is 2.77. The second-order valence-corrected chi connectivity index (χ2v) is 6.67. The van der Waals surface area contributed by atoms with Crippen molar-refractivity contribution in [2.24, 2.45) is 11.1 Å². The molecule has 4 heteroatoms. The van der Waals surface area contributed by atoms with Gasteiger partial charge in [0, 0.05) is 14.8 Å². The molecular weight excluding hydrogens is 296 g/mol. The summed E-state index contributed by atoms with van der Waals surface area (Å²) in [6.07, 6.45) is 2.03. The number of nitrogens with one attached hydrogen (secondary N) is 1. The SMILES string of the molecule is CC(C)(CCCSc1ccccc1Br)C(=N)N. The fourth-order valence-corrected chi connectivity index (χ4v) is 2.91. The Hall–Kier alpha value is -0.480. The van der Waals surface area contributed by atoms with Crippen LogP contribution in [0, 0.1) is 10.8 Å². The molecule has 0 heterocycles. The van der Waals surface area contributed by atoms with E-state index in [0.29, 0.717) is 0 Å². The van der Waals surface area contributed by atoms with Crippen LogP contribution in [-0.4, -0.2) is 11.6 Å². The first-order valence-corrected chi connectivity index (χ1v) is 7.43. The van der Waals surface area contributed by atoms with Crippen molar-refractivity contribution >= 4 is 33.5 Å². The maximum atomic E-state index is 7.49. The van der Waals surface area contributed by atoms with Crippen LogP contribution >= 0.6 is 27.7 Å². The van der Waals surface area contributed by atoms with Crippen LogP contribution in [0.2, 0.25) is 0 Å². The zero-order valence-electron chi connectivity index (χ0n) is 10.3. The van der Waals surface area contributed by atoms with Gasteiger partial charge in [0.15, 0.2) is 0 Å². The van der Waals surface area contributed by atoms with Gasteiger partial charge in [-0.1, -0.05) is 26.0 Å². The Labute approximate surface area is 116 Å². The molecule has 0 aliphatic rings. The molecule has 1 aromatic carbocycles. The van der Waals surface area contributed by atoms with Crippen LogP contribution in [0.4, 0.5) is 0 Å². The van der Waals surface area contributed by atoms with E-state index in [9.17, 15) is 0 Å². The third-order valence-corrected chi connectivity index (χ3v) is 4.88. The van der Waals surface area contributed by atoms with E-state index in [1.807, 2.05) is 37.7 Å². The molecule has 17 heavy (non-hydrogen) atoms. The monoisotopic (exact) mass is 314 g/mol. The summed E-state index contributed by atoms with van der Waals surface area (Å²) in [5, 5.41) is 7.49. The number of amidine groups is 1. The average molecular weight is 315 g/mol. The first kappa shape index (κ1) is 14.6. The van der Waals surface area contributed by atoms with Gasteiger partial charge in [0.1, 0.15) is 0 Å². The minimum atomic E-state index is -0.172. The summed E-state index contributed by atoms with van der Waals surface area (Å²) in [6, 6.07) is 8.24. The summed E-state index contributed by atoms with van der Waals surface area (Å²) < 4.78 is 1.15. The number of thioether (sulfide) groups is 1. The Kier molecular flexibility index (Phi) is 5.53. The molecule has 1 aromatic rings. The standard InChI is InChI=1S/C13H19BrN2S/c1-13(2,12(15)16)8-5-9-17-11-7-4-3-6-10(11)14/h3-4,6-7H,5,8-9H2,1-2H3,(H3,15,16). The molecule has 0 saturated carbocycles. The van der Waals surface area contributed by atoms with Gasteiger partial charge in [-0.15, -0.1) is 11.8 Å². The highest BCUT2D eigenvalue weighted by Gasteiger charge is 2.20. The van der Waals surface area contributed by atoms with Crippen LogP contribution in [0.1, 0.15) is 26.7 Å². The summed E-state index contributed by atoms with van der Waals surface area (Å²) in [4.78, 5) is 1.27. The van der Waals surface area contributed by atoms with E-state index in [1.165, 1.54) is 4.90 Å². The molecule has 0 bridgehead atoms. The molecule has 3 N–H and O–H groups in total. The molecule has 0 fully saturated rings. The maximum absolute atomic E-state index is 7.49. The van der Waals surface area contributed by atoms with Crippen molar-refractivity contribution in [2.75, 3.05) is 5.75 Å². The minimum Gasteiger partial charge on any atom is -0.387 e. The van der Waals surface area contributed by atoms with Gasteiger partial charge in [0.25, 0.3) is 0 Å². The van der Waals surface area contributed by atoms with Gasteiger partial charge in [-0.25, -0.2) is 0 Å². The van der Waals surface area contributed by atoms with Crippen molar-refractivity contribution in [1.29, 1.82) is 5.41 Å². The van der Waals surface area contributed by atoms with E-state index in [-0.39, 0.29) is 11.3 Å². The first-order valence-electron chi connectivity index (χ1n) is 5.65. The van der Waals surface area contributed by atoms with E-state index in [4.69, 9.17) is 11.1 Å². The summed E-state index contributed by atoms with van der Waals surface area (Å²) in [5.74, 6) is 1.34. The van der Waals surface area contributed by atoms with Crippen LogP contribution < -0.4 is 5.73 Å². The topological polar surface area (TPSA) is 49.9 Å². The maximum Gasteiger partial charge on any atom is 0.0963 e. The van der Waals surface area contributed by atoms with E-state index in [1.54, 1.807) is 0 Å². The minimum absolute atomic E-state index is 0.172. The van der Waals surface area contributed by atoms with Gasteiger partial charge >= 0.3 is 0 Å². The van der Waals surface area contributed by atoms with Crippen molar-refractivity contribution in [3.05, 3.63) is 28.7 Å². The van der Waals surface area contributed by atoms with Crippen molar-refractivity contribution in [2.45, 2.75) is 31.6 Å². The molecule has 0 aliphatic carbocycles. The Morgan fingerprint density at radius 1 is 1.41 bits per heavy atom. The molecule has 0 atom stereocenters. The van der Waals surface area contributed by atoms with Crippen molar-refractivity contribution < 1.29 is 0 Å². The first-order chi connectivity index (χ1) is 7.93. The van der Waals surface area contributed by atoms with Crippen LogP contribution in [-0.2, 0) is 0 Å². The molecule has 0 saturated heterocycles. The summed E-state index contributed by atoms with van der Waals surface area (Å²) >= 11 is 5.38. The number of benzene rings is 1. The molecule has 94 valence electrons. The fourth-order valence-electron chi connectivity index (χ4n) is 1.39. The third kappa shape index (κ3) is 4.72. The summed E-state index contributed by atoms with van der Waals surface area (Å²) in [5.41, 5.74) is 5.38. The van der Waals surface area contributed by atoms with Crippen LogP contribution in [0.5, 0.6) is 0 Å². The van der Waals surface area contributed by atoms with Gasteiger partial charge in [-0.05, 0) is 46.7 Å². The van der Waals surface area contributed by atoms with Gasteiger partial charge in [0.2, 0.25) is 0 Å². The smallest absolute Gasteiger partial charge is 0.0963 e. The number of nitrogens with two attached hydrogens (primary N) is 1.